The van der Waals surface area contributed by atoms with Crippen molar-refractivity contribution in [3.05, 3.63) is 33.8 Å². The largest absolute Gasteiger partial charge is 0.335 e. The van der Waals surface area contributed by atoms with Gasteiger partial charge in [-0.1, -0.05) is 44.0 Å². The molecule has 1 aromatic rings. The number of likely N-dealkylation sites (tertiary alicyclic amines) is 1. The van der Waals surface area contributed by atoms with Crippen LogP contribution in [0.25, 0.3) is 0 Å². The van der Waals surface area contributed by atoms with Gasteiger partial charge in [-0.15, -0.1) is 0 Å². The molecular formula is C17H21Cl2NO. The summed E-state index contributed by atoms with van der Waals surface area (Å²) < 4.78 is 0. The van der Waals surface area contributed by atoms with E-state index in [1.165, 1.54) is 6.42 Å². The van der Waals surface area contributed by atoms with E-state index in [0.29, 0.717) is 27.1 Å². The summed E-state index contributed by atoms with van der Waals surface area (Å²) in [5.74, 6) is 0.0833. The van der Waals surface area contributed by atoms with Gasteiger partial charge in [0.2, 0.25) is 0 Å². The molecule has 1 heterocycles. The molecule has 1 aliphatic heterocycles. The fourth-order valence-corrected chi connectivity index (χ4v) is 4.79. The predicted molar refractivity (Wildman–Crippen MR) is 87.0 cm³/mol. The Morgan fingerprint density at radius 1 is 1.19 bits per heavy atom. The molecular weight excluding hydrogens is 305 g/mol. The first kappa shape index (κ1) is 15.2. The SMILES string of the molecule is CC1(C)CC2CC(C)(CN2C(=O)c2ccc(Cl)c(Cl)c2)C1. The minimum absolute atomic E-state index is 0.0833. The van der Waals surface area contributed by atoms with E-state index < -0.39 is 0 Å². The molecule has 21 heavy (non-hydrogen) atoms. The fraction of sp³-hybridized carbons (Fsp3) is 0.588. The van der Waals surface area contributed by atoms with Crippen LogP contribution in [0.5, 0.6) is 0 Å². The van der Waals surface area contributed by atoms with Crippen LogP contribution in [0, 0.1) is 10.8 Å². The van der Waals surface area contributed by atoms with Gasteiger partial charge in [-0.2, -0.15) is 0 Å². The van der Waals surface area contributed by atoms with Gasteiger partial charge < -0.3 is 4.90 Å². The molecule has 1 saturated carbocycles. The molecule has 2 nitrogen and oxygen atoms in total. The maximum Gasteiger partial charge on any atom is 0.254 e. The third-order valence-electron chi connectivity index (χ3n) is 4.84. The first-order chi connectivity index (χ1) is 9.69. The summed E-state index contributed by atoms with van der Waals surface area (Å²) in [6.45, 7) is 7.78. The Balaban J connectivity index is 1.87. The average molecular weight is 326 g/mol. The normalized spacial score (nSPS) is 30.5. The number of amides is 1. The molecule has 0 aromatic heterocycles. The lowest BCUT2D eigenvalue weighted by Crippen LogP contribution is -2.37. The second-order valence-corrected chi connectivity index (χ2v) is 8.59. The third kappa shape index (κ3) is 2.80. The second kappa shape index (κ2) is 4.89. The van der Waals surface area contributed by atoms with Crippen LogP contribution in [-0.2, 0) is 0 Å². The maximum atomic E-state index is 12.8. The Kier molecular flexibility index (Phi) is 3.53. The van der Waals surface area contributed by atoms with E-state index in [2.05, 4.69) is 20.8 Å². The fourth-order valence-electron chi connectivity index (χ4n) is 4.49. The van der Waals surface area contributed by atoms with Crippen LogP contribution in [0.15, 0.2) is 18.2 Å². The topological polar surface area (TPSA) is 20.3 Å². The lowest BCUT2D eigenvalue weighted by Gasteiger charge is -2.39. The average Bonchev–Trinajstić information content (AvgIpc) is 2.61. The number of rotatable bonds is 1. The van der Waals surface area contributed by atoms with Gasteiger partial charge in [-0.05, 0) is 48.3 Å². The van der Waals surface area contributed by atoms with Gasteiger partial charge in [0.25, 0.3) is 5.91 Å². The number of carbonyl (C=O) groups is 1. The van der Waals surface area contributed by atoms with Gasteiger partial charge in [0.15, 0.2) is 0 Å². The maximum absolute atomic E-state index is 12.8. The Morgan fingerprint density at radius 3 is 2.57 bits per heavy atom. The van der Waals surface area contributed by atoms with Crippen molar-refractivity contribution in [2.75, 3.05) is 6.54 Å². The molecule has 1 aliphatic carbocycles. The zero-order valence-electron chi connectivity index (χ0n) is 12.7. The Bertz CT molecular complexity index is 598. The van der Waals surface area contributed by atoms with Crippen molar-refractivity contribution in [3.8, 4) is 0 Å². The van der Waals surface area contributed by atoms with Gasteiger partial charge in [-0.25, -0.2) is 0 Å². The number of halogens is 2. The molecule has 1 saturated heterocycles. The highest BCUT2D eigenvalue weighted by molar-refractivity contribution is 6.42. The monoisotopic (exact) mass is 325 g/mol. The number of fused-ring (bicyclic) bond motifs is 2. The molecule has 2 aliphatic rings. The van der Waals surface area contributed by atoms with E-state index in [4.69, 9.17) is 23.2 Å². The summed E-state index contributed by atoms with van der Waals surface area (Å²) in [7, 11) is 0. The van der Waals surface area contributed by atoms with Gasteiger partial charge in [0.05, 0.1) is 10.0 Å². The second-order valence-electron chi connectivity index (χ2n) is 7.78. The van der Waals surface area contributed by atoms with E-state index in [1.54, 1.807) is 18.2 Å². The lowest BCUT2D eigenvalue weighted by atomic mass is 9.65. The molecule has 114 valence electrons. The number of nitrogens with zero attached hydrogens (tertiary/aromatic N) is 1. The van der Waals surface area contributed by atoms with Crippen molar-refractivity contribution in [3.63, 3.8) is 0 Å². The Hall–Kier alpha value is -0.730. The van der Waals surface area contributed by atoms with Crippen LogP contribution >= 0.6 is 23.2 Å². The van der Waals surface area contributed by atoms with Crippen molar-refractivity contribution in [2.45, 2.75) is 46.1 Å². The Morgan fingerprint density at radius 2 is 1.90 bits per heavy atom. The number of benzene rings is 1. The van der Waals surface area contributed by atoms with E-state index >= 15 is 0 Å². The van der Waals surface area contributed by atoms with Crippen LogP contribution in [0.4, 0.5) is 0 Å². The van der Waals surface area contributed by atoms with Gasteiger partial charge >= 0.3 is 0 Å². The first-order valence-corrected chi connectivity index (χ1v) is 8.21. The minimum atomic E-state index is 0.0833. The molecule has 0 radical (unpaired) electrons. The number of hydrogen-bond donors (Lipinski definition) is 0. The van der Waals surface area contributed by atoms with Crippen molar-refractivity contribution in [1.29, 1.82) is 0 Å². The zero-order chi connectivity index (χ0) is 15.4. The molecule has 2 atom stereocenters. The van der Waals surface area contributed by atoms with Crippen LogP contribution in [0.1, 0.15) is 50.4 Å². The molecule has 1 aromatic carbocycles. The van der Waals surface area contributed by atoms with Gasteiger partial charge in [-0.3, -0.25) is 4.79 Å². The van der Waals surface area contributed by atoms with Crippen molar-refractivity contribution < 1.29 is 4.79 Å². The van der Waals surface area contributed by atoms with Crippen molar-refractivity contribution in [1.82, 2.24) is 4.90 Å². The summed E-state index contributed by atoms with van der Waals surface area (Å²) in [6.07, 6.45) is 3.38. The molecule has 2 bridgehead atoms. The highest BCUT2D eigenvalue weighted by Crippen LogP contribution is 2.52. The number of carbonyl (C=O) groups excluding carboxylic acids is 1. The van der Waals surface area contributed by atoms with Gasteiger partial charge in [0.1, 0.15) is 0 Å². The van der Waals surface area contributed by atoms with Crippen molar-refractivity contribution in [2.24, 2.45) is 10.8 Å². The third-order valence-corrected chi connectivity index (χ3v) is 5.58. The molecule has 2 fully saturated rings. The van der Waals surface area contributed by atoms with E-state index in [-0.39, 0.29) is 11.3 Å². The lowest BCUT2D eigenvalue weighted by molar-refractivity contribution is 0.0708. The number of hydrogen-bond acceptors (Lipinski definition) is 1. The quantitative estimate of drug-likeness (QED) is 0.708. The molecule has 1 amide bonds. The summed E-state index contributed by atoms with van der Waals surface area (Å²) in [6, 6.07) is 5.50. The smallest absolute Gasteiger partial charge is 0.254 e. The zero-order valence-corrected chi connectivity index (χ0v) is 14.3. The molecule has 0 spiro atoms. The molecule has 4 heteroatoms. The summed E-state index contributed by atoms with van der Waals surface area (Å²) >= 11 is 12.0. The van der Waals surface area contributed by atoms with Crippen molar-refractivity contribution >= 4 is 29.1 Å². The summed E-state index contributed by atoms with van der Waals surface area (Å²) in [4.78, 5) is 14.9. The van der Waals surface area contributed by atoms with Gasteiger partial charge in [0, 0.05) is 18.2 Å². The predicted octanol–water partition coefficient (Wildman–Crippen LogP) is 5.03. The molecule has 0 N–H and O–H groups in total. The van der Waals surface area contributed by atoms with Crippen LogP contribution in [-0.4, -0.2) is 23.4 Å². The van der Waals surface area contributed by atoms with Crippen LogP contribution in [0.2, 0.25) is 10.0 Å². The standard InChI is InChI=1S/C17H21Cl2NO/c1-16(2)7-12-8-17(3,9-16)10-20(12)15(21)11-4-5-13(18)14(19)6-11/h4-6,12H,7-10H2,1-3H3. The van der Waals surface area contributed by atoms with E-state index in [9.17, 15) is 4.79 Å². The van der Waals surface area contributed by atoms with Crippen LogP contribution in [0.3, 0.4) is 0 Å². The highest BCUT2D eigenvalue weighted by Gasteiger charge is 2.50. The summed E-state index contributed by atoms with van der Waals surface area (Å²) in [5.41, 5.74) is 1.20. The molecule has 2 unspecified atom stereocenters. The highest BCUT2D eigenvalue weighted by atomic mass is 35.5. The van der Waals surface area contributed by atoms with E-state index in [0.717, 1.165) is 19.4 Å². The first-order valence-electron chi connectivity index (χ1n) is 7.45. The van der Waals surface area contributed by atoms with Crippen LogP contribution < -0.4 is 0 Å². The molecule has 3 rings (SSSR count). The van der Waals surface area contributed by atoms with E-state index in [1.807, 2.05) is 4.90 Å². The summed E-state index contributed by atoms with van der Waals surface area (Å²) in [5, 5.41) is 0.928. The Labute approximate surface area is 136 Å². The minimum Gasteiger partial charge on any atom is -0.335 e.